The molecule has 1 saturated heterocycles. The average Bonchev–Trinajstić information content (AvgIpc) is 2.70. The zero-order chi connectivity index (χ0) is 14.9. The molecule has 2 atom stereocenters. The van der Waals surface area contributed by atoms with E-state index in [9.17, 15) is 14.0 Å². The van der Waals surface area contributed by atoms with Gasteiger partial charge < -0.3 is 20.9 Å². The lowest BCUT2D eigenvalue weighted by Crippen LogP contribution is -2.47. The molecule has 0 radical (unpaired) electrons. The third-order valence-electron chi connectivity index (χ3n) is 3.50. The first kappa shape index (κ1) is 14.4. The minimum Gasteiger partial charge on any atom is -0.478 e. The van der Waals surface area contributed by atoms with E-state index < -0.39 is 29.2 Å². The van der Waals surface area contributed by atoms with E-state index >= 15 is 0 Å². The third-order valence-corrected chi connectivity index (χ3v) is 3.50. The predicted molar refractivity (Wildman–Crippen MR) is 68.9 cm³/mol. The molecule has 108 valence electrons. The highest BCUT2D eigenvalue weighted by molar-refractivity contribution is 6.02. The van der Waals surface area contributed by atoms with Gasteiger partial charge >= 0.3 is 5.97 Å². The van der Waals surface area contributed by atoms with Crippen molar-refractivity contribution in [3.63, 3.8) is 0 Å². The lowest BCUT2D eigenvalue weighted by molar-refractivity contribution is -0.125. The van der Waals surface area contributed by atoms with Crippen LogP contribution in [0.4, 0.5) is 10.1 Å². The number of carboxylic acids is 1. The lowest BCUT2D eigenvalue weighted by Gasteiger charge is -2.25. The molecule has 1 aliphatic heterocycles. The van der Waals surface area contributed by atoms with Crippen molar-refractivity contribution in [2.75, 3.05) is 18.5 Å². The number of carbonyl (C=O) groups is 2. The monoisotopic (exact) mass is 282 g/mol. The molecule has 2 rings (SSSR count). The largest absolute Gasteiger partial charge is 0.478 e. The number of nitrogens with two attached hydrogens (primary N) is 1. The van der Waals surface area contributed by atoms with Gasteiger partial charge in [0.15, 0.2) is 0 Å². The van der Waals surface area contributed by atoms with Crippen molar-refractivity contribution in [2.24, 2.45) is 11.1 Å². The zero-order valence-corrected chi connectivity index (χ0v) is 10.9. The van der Waals surface area contributed by atoms with Crippen LogP contribution < -0.4 is 11.1 Å². The van der Waals surface area contributed by atoms with Crippen LogP contribution in [0.3, 0.4) is 0 Å². The second-order valence-electron chi connectivity index (χ2n) is 4.99. The van der Waals surface area contributed by atoms with E-state index in [1.807, 2.05) is 0 Å². The van der Waals surface area contributed by atoms with Crippen LogP contribution in [-0.4, -0.2) is 36.2 Å². The van der Waals surface area contributed by atoms with Gasteiger partial charge in [-0.25, -0.2) is 9.18 Å². The fraction of sp³-hybridized carbons (Fsp3) is 0.385. The van der Waals surface area contributed by atoms with Gasteiger partial charge in [-0.1, -0.05) is 0 Å². The molecule has 1 aromatic carbocycles. The Morgan fingerprint density at radius 2 is 2.25 bits per heavy atom. The Hall–Kier alpha value is -1.99. The second-order valence-corrected chi connectivity index (χ2v) is 4.99. The Kier molecular flexibility index (Phi) is 3.74. The molecule has 0 aliphatic carbocycles. The highest BCUT2D eigenvalue weighted by Crippen LogP contribution is 2.29. The SMILES string of the molecule is CC1(C(=O)Nc2cc(F)ccc2C(=O)O)COCC1N. The summed E-state index contributed by atoms with van der Waals surface area (Å²) in [6.45, 7) is 2.01. The quantitative estimate of drug-likeness (QED) is 0.762. The maximum Gasteiger partial charge on any atom is 0.337 e. The molecular formula is C13H15FN2O4. The minimum atomic E-state index is -1.25. The highest BCUT2D eigenvalue weighted by atomic mass is 19.1. The molecule has 2 unspecified atom stereocenters. The number of hydrogen-bond donors (Lipinski definition) is 3. The van der Waals surface area contributed by atoms with Gasteiger partial charge in [0.25, 0.3) is 0 Å². The van der Waals surface area contributed by atoms with E-state index in [1.54, 1.807) is 6.92 Å². The summed E-state index contributed by atoms with van der Waals surface area (Å²) >= 11 is 0. The summed E-state index contributed by atoms with van der Waals surface area (Å²) in [6.07, 6.45) is 0. The number of benzene rings is 1. The van der Waals surface area contributed by atoms with Gasteiger partial charge in [-0.15, -0.1) is 0 Å². The van der Waals surface area contributed by atoms with Gasteiger partial charge in [0.2, 0.25) is 5.91 Å². The van der Waals surface area contributed by atoms with Crippen LogP contribution in [-0.2, 0) is 9.53 Å². The first-order valence-electron chi connectivity index (χ1n) is 6.02. The Bertz CT molecular complexity index is 563. The zero-order valence-electron chi connectivity index (χ0n) is 10.9. The molecular weight excluding hydrogens is 267 g/mol. The smallest absolute Gasteiger partial charge is 0.337 e. The number of ether oxygens (including phenoxy) is 1. The predicted octanol–water partition coefficient (Wildman–Crippen LogP) is 0.826. The summed E-state index contributed by atoms with van der Waals surface area (Å²) in [4.78, 5) is 23.3. The van der Waals surface area contributed by atoms with Gasteiger partial charge in [-0.3, -0.25) is 4.79 Å². The molecule has 6 nitrogen and oxygen atoms in total. The Balaban J connectivity index is 2.28. The molecule has 0 saturated carbocycles. The number of halogens is 1. The fourth-order valence-corrected chi connectivity index (χ4v) is 1.99. The van der Waals surface area contributed by atoms with E-state index in [0.29, 0.717) is 0 Å². The molecule has 1 heterocycles. The van der Waals surface area contributed by atoms with Crippen LogP contribution in [0.1, 0.15) is 17.3 Å². The van der Waals surface area contributed by atoms with Gasteiger partial charge in [0.05, 0.1) is 29.9 Å². The topological polar surface area (TPSA) is 102 Å². The maximum absolute atomic E-state index is 13.2. The number of carbonyl (C=O) groups excluding carboxylic acids is 1. The maximum atomic E-state index is 13.2. The van der Waals surface area contributed by atoms with Crippen LogP contribution in [0.15, 0.2) is 18.2 Å². The third kappa shape index (κ3) is 2.50. The lowest BCUT2D eigenvalue weighted by atomic mass is 9.84. The van der Waals surface area contributed by atoms with Crippen molar-refractivity contribution < 1.29 is 23.8 Å². The Labute approximate surface area is 114 Å². The molecule has 1 amide bonds. The summed E-state index contributed by atoms with van der Waals surface area (Å²) in [5, 5.41) is 11.5. The first-order valence-corrected chi connectivity index (χ1v) is 6.02. The molecule has 1 fully saturated rings. The van der Waals surface area contributed by atoms with Crippen molar-refractivity contribution in [1.82, 2.24) is 0 Å². The number of aromatic carboxylic acids is 1. The molecule has 20 heavy (non-hydrogen) atoms. The number of rotatable bonds is 3. The Morgan fingerprint density at radius 1 is 1.55 bits per heavy atom. The van der Waals surface area contributed by atoms with Crippen LogP contribution in [0.2, 0.25) is 0 Å². The van der Waals surface area contributed by atoms with Gasteiger partial charge in [0, 0.05) is 6.04 Å². The van der Waals surface area contributed by atoms with Crippen molar-refractivity contribution >= 4 is 17.6 Å². The Morgan fingerprint density at radius 3 is 2.80 bits per heavy atom. The first-order chi connectivity index (χ1) is 9.34. The molecule has 7 heteroatoms. The molecule has 0 aromatic heterocycles. The van der Waals surface area contributed by atoms with E-state index in [2.05, 4.69) is 5.32 Å². The van der Waals surface area contributed by atoms with Crippen molar-refractivity contribution in [3.05, 3.63) is 29.6 Å². The highest BCUT2D eigenvalue weighted by Gasteiger charge is 2.44. The van der Waals surface area contributed by atoms with Crippen LogP contribution in [0.5, 0.6) is 0 Å². The normalized spacial score (nSPS) is 25.4. The molecule has 0 spiro atoms. The molecule has 1 aliphatic rings. The van der Waals surface area contributed by atoms with E-state index in [1.165, 1.54) is 0 Å². The van der Waals surface area contributed by atoms with Crippen molar-refractivity contribution in [1.29, 1.82) is 0 Å². The van der Waals surface area contributed by atoms with Gasteiger partial charge in [-0.2, -0.15) is 0 Å². The van der Waals surface area contributed by atoms with E-state index in [0.717, 1.165) is 18.2 Å². The minimum absolute atomic E-state index is 0.0946. The van der Waals surface area contributed by atoms with Gasteiger partial charge in [-0.05, 0) is 25.1 Å². The summed E-state index contributed by atoms with van der Waals surface area (Å²) in [7, 11) is 0. The molecule has 0 bridgehead atoms. The van der Waals surface area contributed by atoms with Crippen LogP contribution in [0, 0.1) is 11.2 Å². The summed E-state index contributed by atoms with van der Waals surface area (Å²) in [5.41, 5.74) is 4.57. The molecule has 4 N–H and O–H groups in total. The number of amides is 1. The van der Waals surface area contributed by atoms with Crippen molar-refractivity contribution in [2.45, 2.75) is 13.0 Å². The summed E-state index contributed by atoms with van der Waals surface area (Å²) in [5.74, 6) is -2.38. The van der Waals surface area contributed by atoms with E-state index in [-0.39, 0.29) is 24.5 Å². The van der Waals surface area contributed by atoms with Crippen LogP contribution >= 0.6 is 0 Å². The van der Waals surface area contributed by atoms with Crippen LogP contribution in [0.25, 0.3) is 0 Å². The standard InChI is InChI=1S/C13H15FN2O4/c1-13(6-20-5-10(13)15)12(19)16-9-4-7(14)2-3-8(9)11(17)18/h2-4,10H,5-6,15H2,1H3,(H,16,19)(H,17,18). The van der Waals surface area contributed by atoms with Gasteiger partial charge in [0.1, 0.15) is 5.82 Å². The number of nitrogens with one attached hydrogen (secondary N) is 1. The van der Waals surface area contributed by atoms with E-state index in [4.69, 9.17) is 15.6 Å². The second kappa shape index (κ2) is 5.18. The summed E-state index contributed by atoms with van der Waals surface area (Å²) < 4.78 is 18.4. The number of anilines is 1. The number of carboxylic acid groups (broad SMARTS) is 1. The van der Waals surface area contributed by atoms with Crippen molar-refractivity contribution in [3.8, 4) is 0 Å². The average molecular weight is 282 g/mol. The fourth-order valence-electron chi connectivity index (χ4n) is 1.99. The summed E-state index contributed by atoms with van der Waals surface area (Å²) in [6, 6.07) is 2.59. The molecule has 1 aromatic rings. The number of hydrogen-bond acceptors (Lipinski definition) is 4.